The van der Waals surface area contributed by atoms with E-state index in [0.717, 1.165) is 40.8 Å². The molecule has 0 saturated carbocycles. The van der Waals surface area contributed by atoms with Crippen molar-refractivity contribution in [3.05, 3.63) is 76.9 Å². The van der Waals surface area contributed by atoms with Crippen LogP contribution >= 0.6 is 0 Å². The maximum Gasteiger partial charge on any atom is 0.419 e. The van der Waals surface area contributed by atoms with E-state index in [0.29, 0.717) is 37.3 Å². The van der Waals surface area contributed by atoms with E-state index in [4.69, 9.17) is 15.2 Å². The predicted octanol–water partition coefficient (Wildman–Crippen LogP) is 6.27. The molecule has 1 aromatic carbocycles. The molecule has 0 radical (unpaired) electrons. The smallest absolute Gasteiger partial charge is 0.419 e. The molecular formula is C39H49N8O5+. The maximum atomic E-state index is 13.3. The molecule has 4 aromatic heterocycles. The van der Waals surface area contributed by atoms with Gasteiger partial charge in [-0.25, -0.2) is 19.3 Å². The Morgan fingerprint density at radius 1 is 1.10 bits per heavy atom. The monoisotopic (exact) mass is 709 g/mol. The van der Waals surface area contributed by atoms with Gasteiger partial charge in [-0.15, -0.1) is 0 Å². The van der Waals surface area contributed by atoms with Crippen molar-refractivity contribution in [1.82, 2.24) is 24.6 Å². The summed E-state index contributed by atoms with van der Waals surface area (Å²) in [5.41, 5.74) is 15.3. The third kappa shape index (κ3) is 7.36. The summed E-state index contributed by atoms with van der Waals surface area (Å²) in [5.74, 6) is 0.116. The number of hydrogen-bond acceptors (Lipinski definition) is 8. The number of aryl methyl sites for hydroxylation is 1. The number of piperidine rings is 1. The van der Waals surface area contributed by atoms with Crippen LogP contribution in [-0.2, 0) is 25.7 Å². The summed E-state index contributed by atoms with van der Waals surface area (Å²) in [7, 11) is 1.57. The Bertz CT molecular complexity index is 2110. The van der Waals surface area contributed by atoms with Gasteiger partial charge in [-0.1, -0.05) is 32.9 Å². The normalized spacial score (nSPS) is 17.5. The minimum absolute atomic E-state index is 0.000920. The number of pyridine rings is 2. The number of likely N-dealkylation sites (tertiary alicyclic amines) is 1. The molecule has 3 N–H and O–H groups in total. The van der Waals surface area contributed by atoms with E-state index in [1.165, 1.54) is 27.0 Å². The number of H-pyrrole nitrogens is 1. The summed E-state index contributed by atoms with van der Waals surface area (Å²) < 4.78 is 13.3. The zero-order valence-corrected chi connectivity index (χ0v) is 30.9. The molecule has 1 saturated heterocycles. The summed E-state index contributed by atoms with van der Waals surface area (Å²) in [5, 5.41) is 5.62. The third-order valence-corrected chi connectivity index (χ3v) is 10.5. The van der Waals surface area contributed by atoms with Crippen molar-refractivity contribution in [2.24, 2.45) is 5.73 Å². The quantitative estimate of drug-likeness (QED) is 0.113. The van der Waals surface area contributed by atoms with Gasteiger partial charge in [0.2, 0.25) is 6.73 Å². The SMILES string of the molecule is CCCC(=O)OCc1cccnc1N(C)C(=O)OC[N+]1(CC(N)=O)CCC(c2ccc3[nH]c(-c4cn5ncnc5c(C)c4C)c(C(C)C)c3c2)CC1. The van der Waals surface area contributed by atoms with Crippen LogP contribution in [0.25, 0.3) is 27.8 Å². The van der Waals surface area contributed by atoms with E-state index in [-0.39, 0.29) is 42.2 Å². The van der Waals surface area contributed by atoms with E-state index >= 15 is 0 Å². The number of ether oxygens (including phenoxy) is 2. The Labute approximate surface area is 303 Å². The van der Waals surface area contributed by atoms with Gasteiger partial charge in [0.1, 0.15) is 18.8 Å². The van der Waals surface area contributed by atoms with Crippen molar-refractivity contribution in [1.29, 1.82) is 0 Å². The highest BCUT2D eigenvalue weighted by Crippen LogP contribution is 2.40. The predicted molar refractivity (Wildman–Crippen MR) is 199 cm³/mol. The molecule has 0 atom stereocenters. The number of fused-ring (bicyclic) bond motifs is 2. The first-order valence-corrected chi connectivity index (χ1v) is 18.0. The molecule has 13 nitrogen and oxygen atoms in total. The molecule has 0 aliphatic carbocycles. The largest absolute Gasteiger partial charge is 0.461 e. The first-order chi connectivity index (χ1) is 24.9. The van der Waals surface area contributed by atoms with Crippen molar-refractivity contribution in [3.63, 3.8) is 0 Å². The molecule has 13 heteroatoms. The number of carbonyl (C=O) groups excluding carboxylic acids is 3. The number of amides is 2. The zero-order chi connectivity index (χ0) is 37.2. The standard InChI is InChI=1S/C39H48N8O5/c1-7-9-34(49)51-21-29-10-8-15-41-38(29)45(6)39(50)52-23-47(20-33(40)48)16-13-27(14-17-47)28-11-12-32-30(18-28)35(24(2)3)36(44-32)31-19-46-37(42-22-43-46)26(5)25(31)4/h8,10-12,15,18-19,22,24,27,44H,7,9,13-14,16-17,20-21,23H2,1-6H3,(H-,40,48)/p+1. The highest BCUT2D eigenvalue weighted by molar-refractivity contribution is 5.93. The van der Waals surface area contributed by atoms with Gasteiger partial charge >= 0.3 is 12.1 Å². The lowest BCUT2D eigenvalue weighted by atomic mass is 9.86. The van der Waals surface area contributed by atoms with Gasteiger partial charge in [0, 0.05) is 60.7 Å². The number of aromatic amines is 1. The fourth-order valence-corrected chi connectivity index (χ4v) is 7.52. The van der Waals surface area contributed by atoms with Gasteiger partial charge in [-0.05, 0) is 72.6 Å². The van der Waals surface area contributed by atoms with Gasteiger partial charge in [0.05, 0.1) is 18.8 Å². The fraction of sp³-hybridized carbons (Fsp3) is 0.436. The molecule has 274 valence electrons. The molecule has 0 bridgehead atoms. The first-order valence-electron chi connectivity index (χ1n) is 18.0. The number of esters is 1. The van der Waals surface area contributed by atoms with Gasteiger partial charge in [-0.2, -0.15) is 5.10 Å². The molecule has 1 aliphatic heterocycles. The molecule has 1 fully saturated rings. The van der Waals surface area contributed by atoms with Crippen LogP contribution in [0.15, 0.2) is 49.1 Å². The molecular weight excluding hydrogens is 660 g/mol. The second kappa shape index (κ2) is 15.1. The number of nitrogens with two attached hydrogens (primary N) is 1. The lowest BCUT2D eigenvalue weighted by Gasteiger charge is -2.42. The number of quaternary nitrogens is 1. The number of anilines is 1. The lowest BCUT2D eigenvalue weighted by molar-refractivity contribution is -0.940. The minimum Gasteiger partial charge on any atom is -0.461 e. The Kier molecular flexibility index (Phi) is 10.6. The lowest BCUT2D eigenvalue weighted by Crippen LogP contribution is -2.58. The Balaban J connectivity index is 1.18. The number of aromatic nitrogens is 5. The molecule has 1 aliphatic rings. The first kappa shape index (κ1) is 36.5. The van der Waals surface area contributed by atoms with Gasteiger partial charge in [0.15, 0.2) is 12.2 Å². The van der Waals surface area contributed by atoms with Crippen LogP contribution in [-0.4, -0.2) is 80.4 Å². The molecule has 0 unspecified atom stereocenters. The summed E-state index contributed by atoms with van der Waals surface area (Å²) in [6, 6.07) is 10.2. The average Bonchev–Trinajstić information content (AvgIpc) is 3.76. The van der Waals surface area contributed by atoms with Gasteiger partial charge < -0.3 is 20.2 Å². The molecule has 0 spiro atoms. The summed E-state index contributed by atoms with van der Waals surface area (Å²) in [4.78, 5) is 51.4. The van der Waals surface area contributed by atoms with E-state index in [2.05, 4.69) is 72.1 Å². The zero-order valence-electron chi connectivity index (χ0n) is 30.9. The van der Waals surface area contributed by atoms with Crippen LogP contribution in [0.5, 0.6) is 0 Å². The third-order valence-electron chi connectivity index (χ3n) is 10.5. The van der Waals surface area contributed by atoms with E-state index < -0.39 is 12.0 Å². The van der Waals surface area contributed by atoms with E-state index in [1.807, 2.05) is 11.4 Å². The number of rotatable bonds is 12. The maximum absolute atomic E-state index is 13.3. The second-order valence-electron chi connectivity index (χ2n) is 14.4. The number of hydrogen-bond donors (Lipinski definition) is 2. The number of carbonyl (C=O) groups is 3. The summed E-state index contributed by atoms with van der Waals surface area (Å²) >= 11 is 0. The topological polar surface area (TPSA) is 158 Å². The molecule has 2 amide bonds. The van der Waals surface area contributed by atoms with Gasteiger partial charge in [0.25, 0.3) is 5.91 Å². The van der Waals surface area contributed by atoms with Crippen molar-refractivity contribution >= 4 is 40.3 Å². The number of benzene rings is 1. The number of nitrogens with one attached hydrogen (secondary N) is 1. The highest BCUT2D eigenvalue weighted by Gasteiger charge is 2.38. The second-order valence-corrected chi connectivity index (χ2v) is 14.4. The molecule has 5 aromatic rings. The Morgan fingerprint density at radius 3 is 2.58 bits per heavy atom. The van der Waals surface area contributed by atoms with Crippen molar-refractivity contribution in [2.45, 2.75) is 78.7 Å². The van der Waals surface area contributed by atoms with Crippen molar-refractivity contribution < 1.29 is 28.3 Å². The summed E-state index contributed by atoms with van der Waals surface area (Å²) in [6.07, 6.45) is 7.20. The van der Waals surface area contributed by atoms with Crippen LogP contribution < -0.4 is 10.6 Å². The number of nitrogens with zero attached hydrogens (tertiary/aromatic N) is 6. The molecule has 6 rings (SSSR count). The van der Waals surface area contributed by atoms with Crippen LogP contribution in [0, 0.1) is 13.8 Å². The van der Waals surface area contributed by atoms with Crippen molar-refractivity contribution in [2.75, 3.05) is 38.3 Å². The van der Waals surface area contributed by atoms with Crippen LogP contribution in [0.1, 0.15) is 86.1 Å². The Morgan fingerprint density at radius 2 is 1.87 bits per heavy atom. The van der Waals surface area contributed by atoms with Crippen molar-refractivity contribution in [3.8, 4) is 11.3 Å². The van der Waals surface area contributed by atoms with Gasteiger partial charge in [-0.3, -0.25) is 19.0 Å². The van der Waals surface area contributed by atoms with Crippen LogP contribution in [0.2, 0.25) is 0 Å². The fourth-order valence-electron chi connectivity index (χ4n) is 7.52. The molecule has 52 heavy (non-hydrogen) atoms. The average molecular weight is 710 g/mol. The number of primary amides is 1. The minimum atomic E-state index is -0.618. The Hall–Kier alpha value is -5.30. The van der Waals surface area contributed by atoms with Crippen LogP contribution in [0.4, 0.5) is 10.6 Å². The van der Waals surface area contributed by atoms with Crippen LogP contribution in [0.3, 0.4) is 0 Å². The van der Waals surface area contributed by atoms with E-state index in [9.17, 15) is 14.4 Å². The summed E-state index contributed by atoms with van der Waals surface area (Å²) in [6.45, 7) is 11.9. The van der Waals surface area contributed by atoms with E-state index in [1.54, 1.807) is 31.7 Å². The molecule has 5 heterocycles. The highest BCUT2D eigenvalue weighted by atomic mass is 16.6.